The molecule has 0 spiro atoms. The van der Waals surface area contributed by atoms with Crippen LogP contribution in [0.2, 0.25) is 0 Å². The highest BCUT2D eigenvalue weighted by atomic mass is 32.1. The maximum Gasteiger partial charge on any atom is 0.294 e. The maximum absolute atomic E-state index is 11.2. The monoisotopic (exact) mass is 283 g/mol. The molecule has 0 unspecified atom stereocenters. The van der Waals surface area contributed by atoms with Crippen LogP contribution in [0.3, 0.4) is 0 Å². The van der Waals surface area contributed by atoms with Crippen molar-refractivity contribution in [3.63, 3.8) is 0 Å². The number of anilines is 1. The van der Waals surface area contributed by atoms with Crippen molar-refractivity contribution < 1.29 is 14.4 Å². The lowest BCUT2D eigenvalue weighted by Gasteiger charge is -2.00. The lowest BCUT2D eigenvalue weighted by atomic mass is 10.3. The zero-order valence-electron chi connectivity index (χ0n) is 10.5. The summed E-state index contributed by atoms with van der Waals surface area (Å²) in [6.07, 6.45) is 3.41. The van der Waals surface area contributed by atoms with E-state index in [0.29, 0.717) is 18.1 Å². The van der Waals surface area contributed by atoms with Gasteiger partial charge < -0.3 is 10.2 Å². The number of nitrogens with zero attached hydrogens (tertiary/aromatic N) is 2. The smallest absolute Gasteiger partial charge is 0.294 e. The molecule has 0 aliphatic heterocycles. The number of aromatic nitrogens is 1. The molecule has 0 fully saturated rings. The van der Waals surface area contributed by atoms with E-state index in [1.54, 1.807) is 0 Å². The largest absolute Gasteiger partial charge is 0.395 e. The normalized spacial score (nSPS) is 11.1. The summed E-state index contributed by atoms with van der Waals surface area (Å²) in [5, 5.41) is 7.88. The third-order valence-electron chi connectivity index (χ3n) is 2.14. The number of hydrogen-bond acceptors (Lipinski definition) is 6. The van der Waals surface area contributed by atoms with Crippen molar-refractivity contribution in [1.29, 1.82) is 0 Å². The van der Waals surface area contributed by atoms with Gasteiger partial charge in [0.2, 0.25) is 6.41 Å². The molecule has 1 aromatic rings. The van der Waals surface area contributed by atoms with Gasteiger partial charge in [-0.2, -0.15) is 0 Å². The Kier molecular flexibility index (Phi) is 6.51. The second-order valence-corrected chi connectivity index (χ2v) is 4.47. The zero-order valence-corrected chi connectivity index (χ0v) is 11.3. The Morgan fingerprint density at radius 3 is 3.05 bits per heavy atom. The Morgan fingerprint density at radius 2 is 2.42 bits per heavy atom. The molecule has 0 atom stereocenters. The van der Waals surface area contributed by atoms with E-state index in [1.165, 1.54) is 5.38 Å². The number of oxime groups is 1. The summed E-state index contributed by atoms with van der Waals surface area (Å²) >= 11 is 1.14. The molecule has 0 aliphatic carbocycles. The Labute approximate surface area is 114 Å². The lowest BCUT2D eigenvalue weighted by molar-refractivity contribution is -0.112. The van der Waals surface area contributed by atoms with Crippen molar-refractivity contribution in [2.24, 2.45) is 5.16 Å². The van der Waals surface area contributed by atoms with Crippen molar-refractivity contribution in [2.75, 3.05) is 11.9 Å². The average molecular weight is 283 g/mol. The van der Waals surface area contributed by atoms with Crippen LogP contribution in [0, 0.1) is 0 Å². The van der Waals surface area contributed by atoms with Crippen LogP contribution in [0.25, 0.3) is 0 Å². The highest BCUT2D eigenvalue weighted by Gasteiger charge is 2.16. The topological polar surface area (TPSA) is 104 Å². The number of rotatable bonds is 9. The standard InChI is InChI=1S/C11H15N4O3S/c1-2-3-4-5-18-15-9(10(12)17)8-6-19-11(14-8)13-7-16/h6-7,12H,2-5H2,1H3,(H,13,14,16)/b15-9-. The summed E-state index contributed by atoms with van der Waals surface area (Å²) in [5.74, 6) is -0.974. The van der Waals surface area contributed by atoms with Crippen molar-refractivity contribution in [3.05, 3.63) is 11.1 Å². The van der Waals surface area contributed by atoms with Crippen LogP contribution in [0.15, 0.2) is 10.5 Å². The molecule has 2 amide bonds. The molecule has 1 heterocycles. The molecule has 2 N–H and O–H groups in total. The maximum atomic E-state index is 11.2. The predicted molar refractivity (Wildman–Crippen MR) is 71.9 cm³/mol. The molecule has 1 radical (unpaired) electrons. The summed E-state index contributed by atoms with van der Waals surface area (Å²) in [5.41, 5.74) is 7.19. The fourth-order valence-corrected chi connectivity index (χ4v) is 1.89. The number of amides is 2. The van der Waals surface area contributed by atoms with Crippen molar-refractivity contribution >= 4 is 34.5 Å². The number of hydrogen-bond donors (Lipinski definition) is 1. The molecule has 0 aromatic carbocycles. The van der Waals surface area contributed by atoms with Gasteiger partial charge in [0, 0.05) is 5.38 Å². The molecule has 1 aromatic heterocycles. The molecule has 7 nitrogen and oxygen atoms in total. The van der Waals surface area contributed by atoms with Gasteiger partial charge in [0.1, 0.15) is 12.3 Å². The third-order valence-corrected chi connectivity index (χ3v) is 2.91. The molecular weight excluding hydrogens is 268 g/mol. The zero-order chi connectivity index (χ0) is 14.1. The summed E-state index contributed by atoms with van der Waals surface area (Å²) in [7, 11) is 0. The van der Waals surface area contributed by atoms with Crippen LogP contribution in [0.1, 0.15) is 31.9 Å². The average Bonchev–Trinajstić information content (AvgIpc) is 2.82. The Hall–Kier alpha value is -1.96. The van der Waals surface area contributed by atoms with E-state index >= 15 is 0 Å². The van der Waals surface area contributed by atoms with Gasteiger partial charge in [0.15, 0.2) is 10.8 Å². The van der Waals surface area contributed by atoms with Gasteiger partial charge >= 0.3 is 0 Å². The molecule has 103 valence electrons. The Morgan fingerprint density at radius 1 is 1.63 bits per heavy atom. The molecule has 8 heteroatoms. The first kappa shape index (κ1) is 15.1. The summed E-state index contributed by atoms with van der Waals surface area (Å²) in [4.78, 5) is 30.4. The fourth-order valence-electron chi connectivity index (χ4n) is 1.23. The lowest BCUT2D eigenvalue weighted by Crippen LogP contribution is -2.17. The third kappa shape index (κ3) is 5.04. The van der Waals surface area contributed by atoms with Crippen LogP contribution in [-0.2, 0) is 14.4 Å². The molecule has 1 rings (SSSR count). The minimum absolute atomic E-state index is 0.160. The SMILES string of the molecule is CCCCCO/N=C(\C([NH])=O)c1csc(NC=O)n1. The van der Waals surface area contributed by atoms with Gasteiger partial charge in [0.25, 0.3) is 5.91 Å². The molecule has 0 saturated carbocycles. The first-order chi connectivity index (χ1) is 9.19. The van der Waals surface area contributed by atoms with E-state index in [2.05, 4.69) is 22.4 Å². The van der Waals surface area contributed by atoms with Gasteiger partial charge in [-0.15, -0.1) is 11.3 Å². The number of nitrogens with one attached hydrogen (secondary N) is 2. The highest BCUT2D eigenvalue weighted by molar-refractivity contribution is 7.14. The van der Waals surface area contributed by atoms with E-state index in [-0.39, 0.29) is 11.4 Å². The molecule has 0 saturated heterocycles. The fraction of sp³-hybridized carbons (Fsp3) is 0.455. The molecule has 19 heavy (non-hydrogen) atoms. The second-order valence-electron chi connectivity index (χ2n) is 3.61. The predicted octanol–water partition coefficient (Wildman–Crippen LogP) is 1.43. The highest BCUT2D eigenvalue weighted by Crippen LogP contribution is 2.15. The number of carbonyl (C=O) groups excluding carboxylic acids is 2. The van der Waals surface area contributed by atoms with E-state index in [1.807, 2.05) is 0 Å². The van der Waals surface area contributed by atoms with Gasteiger partial charge in [-0.25, -0.2) is 4.98 Å². The van der Waals surface area contributed by atoms with Crippen LogP contribution < -0.4 is 11.1 Å². The second kappa shape index (κ2) is 8.20. The number of thiazole rings is 1. The summed E-state index contributed by atoms with van der Waals surface area (Å²) in [6.45, 7) is 2.47. The van der Waals surface area contributed by atoms with Crippen LogP contribution in [0.5, 0.6) is 0 Å². The molecular formula is C11H15N4O3S. The first-order valence-electron chi connectivity index (χ1n) is 5.81. The van der Waals surface area contributed by atoms with Gasteiger partial charge in [-0.05, 0) is 6.42 Å². The van der Waals surface area contributed by atoms with Gasteiger partial charge in [-0.1, -0.05) is 24.9 Å². The van der Waals surface area contributed by atoms with Crippen molar-refractivity contribution in [2.45, 2.75) is 26.2 Å². The van der Waals surface area contributed by atoms with Crippen LogP contribution in [-0.4, -0.2) is 29.6 Å². The van der Waals surface area contributed by atoms with Crippen LogP contribution >= 0.6 is 11.3 Å². The summed E-state index contributed by atoms with van der Waals surface area (Å²) < 4.78 is 0. The molecule has 0 bridgehead atoms. The minimum atomic E-state index is -0.974. The van der Waals surface area contributed by atoms with E-state index in [4.69, 9.17) is 10.6 Å². The van der Waals surface area contributed by atoms with Gasteiger partial charge in [0.05, 0.1) is 0 Å². The molecule has 0 aliphatic rings. The van der Waals surface area contributed by atoms with Crippen LogP contribution in [0.4, 0.5) is 5.13 Å². The summed E-state index contributed by atoms with van der Waals surface area (Å²) in [6, 6.07) is 0. The Bertz CT molecular complexity index is 459. The number of unbranched alkanes of at least 4 members (excludes halogenated alkanes) is 2. The van der Waals surface area contributed by atoms with Crippen molar-refractivity contribution in [3.8, 4) is 0 Å². The quantitative estimate of drug-likeness (QED) is 0.320. The van der Waals surface area contributed by atoms with E-state index in [0.717, 1.165) is 30.6 Å². The van der Waals surface area contributed by atoms with Crippen molar-refractivity contribution in [1.82, 2.24) is 10.7 Å². The Balaban J connectivity index is 2.67. The van der Waals surface area contributed by atoms with Gasteiger partial charge in [-0.3, -0.25) is 15.3 Å². The first-order valence-corrected chi connectivity index (χ1v) is 6.69. The number of carbonyl (C=O) groups is 2. The minimum Gasteiger partial charge on any atom is -0.395 e. The van der Waals surface area contributed by atoms with E-state index < -0.39 is 5.91 Å². The van der Waals surface area contributed by atoms with E-state index in [9.17, 15) is 9.59 Å².